The summed E-state index contributed by atoms with van der Waals surface area (Å²) in [7, 11) is 0. The summed E-state index contributed by atoms with van der Waals surface area (Å²) >= 11 is 0. The molecule has 5 nitrogen and oxygen atoms in total. The molecule has 0 N–H and O–H groups in total. The lowest BCUT2D eigenvalue weighted by Gasteiger charge is -2.18. The van der Waals surface area contributed by atoms with E-state index in [4.69, 9.17) is 13.9 Å². The van der Waals surface area contributed by atoms with Crippen molar-refractivity contribution in [2.75, 3.05) is 0 Å². The fourth-order valence-electron chi connectivity index (χ4n) is 2.92. The first-order valence-electron chi connectivity index (χ1n) is 7.30. The minimum Gasteiger partial charge on any atom is -0.464 e. The summed E-state index contributed by atoms with van der Waals surface area (Å²) in [4.78, 5) is 23.3. The van der Waals surface area contributed by atoms with E-state index in [1.807, 2.05) is 26.0 Å². The average molecular weight is 302 g/mol. The summed E-state index contributed by atoms with van der Waals surface area (Å²) in [5, 5.41) is 0. The summed E-state index contributed by atoms with van der Waals surface area (Å²) in [6, 6.07) is 0. The molecule has 0 saturated carbocycles. The minimum absolute atomic E-state index is 0.308. The van der Waals surface area contributed by atoms with Crippen molar-refractivity contribution in [2.45, 2.75) is 45.8 Å². The van der Waals surface area contributed by atoms with E-state index in [1.54, 1.807) is 6.26 Å². The Bertz CT molecular complexity index is 692. The lowest BCUT2D eigenvalue weighted by atomic mass is 9.96. The largest absolute Gasteiger partial charge is 0.464 e. The minimum atomic E-state index is -0.398. The van der Waals surface area contributed by atoms with Gasteiger partial charge in [-0.1, -0.05) is 0 Å². The summed E-state index contributed by atoms with van der Waals surface area (Å²) in [5.74, 6) is -0.00598. The Morgan fingerprint density at radius 1 is 1.36 bits per heavy atom. The Morgan fingerprint density at radius 2 is 2.14 bits per heavy atom. The lowest BCUT2D eigenvalue weighted by Crippen LogP contribution is -2.18. The van der Waals surface area contributed by atoms with Crippen LogP contribution in [-0.4, -0.2) is 18.0 Å². The normalized spacial score (nSPS) is 26.4. The van der Waals surface area contributed by atoms with Gasteiger partial charge in [0.15, 0.2) is 6.10 Å². The van der Waals surface area contributed by atoms with Gasteiger partial charge < -0.3 is 13.9 Å². The highest BCUT2D eigenvalue weighted by Gasteiger charge is 2.32. The zero-order chi connectivity index (χ0) is 15.9. The van der Waals surface area contributed by atoms with Crippen molar-refractivity contribution >= 4 is 18.0 Å². The van der Waals surface area contributed by atoms with Crippen LogP contribution in [0, 0.1) is 6.92 Å². The Labute approximate surface area is 128 Å². The second-order valence-electron chi connectivity index (χ2n) is 5.74. The number of hydrogen-bond acceptors (Lipinski definition) is 5. The van der Waals surface area contributed by atoms with Crippen LogP contribution in [0.2, 0.25) is 0 Å². The van der Waals surface area contributed by atoms with Crippen molar-refractivity contribution in [1.29, 1.82) is 0 Å². The van der Waals surface area contributed by atoms with Gasteiger partial charge in [-0.2, -0.15) is 0 Å². The monoisotopic (exact) mass is 302 g/mol. The van der Waals surface area contributed by atoms with E-state index < -0.39 is 6.10 Å². The van der Waals surface area contributed by atoms with Gasteiger partial charge in [-0.3, -0.25) is 4.79 Å². The SMILES string of the molecule is CC(=O)O[C@@H]1CCC2=C[C@H](OC2=O)c2c(C)coc2/C=C\1C. The predicted molar refractivity (Wildman–Crippen MR) is 78.8 cm³/mol. The molecule has 116 valence electrons. The van der Waals surface area contributed by atoms with E-state index in [-0.39, 0.29) is 18.0 Å². The van der Waals surface area contributed by atoms with Crippen LogP contribution in [0.5, 0.6) is 0 Å². The van der Waals surface area contributed by atoms with Crippen LogP contribution in [0.15, 0.2) is 27.9 Å². The standard InChI is InChI=1S/C17H18O5/c1-9-6-14-16(10(2)8-20-14)15-7-12(17(19)22-15)4-5-13(9)21-11(3)18/h6-8,13,15H,4-5H2,1-3H3/b9-6-/t13-,15+/m1/s1. The maximum absolute atomic E-state index is 12.0. The van der Waals surface area contributed by atoms with Crippen LogP contribution >= 0.6 is 0 Å². The van der Waals surface area contributed by atoms with Gasteiger partial charge in [0.05, 0.1) is 6.26 Å². The van der Waals surface area contributed by atoms with Crippen LogP contribution in [0.25, 0.3) is 6.08 Å². The molecule has 0 saturated heterocycles. The number of fused-ring (bicyclic) bond motifs is 3. The first-order chi connectivity index (χ1) is 10.5. The van der Waals surface area contributed by atoms with Gasteiger partial charge in [0.1, 0.15) is 11.9 Å². The molecular formula is C17H18O5. The highest BCUT2D eigenvalue weighted by Crippen LogP contribution is 2.37. The topological polar surface area (TPSA) is 65.7 Å². The summed E-state index contributed by atoms with van der Waals surface area (Å²) in [5.41, 5.74) is 3.30. The third-order valence-electron chi connectivity index (χ3n) is 4.04. The molecule has 3 rings (SSSR count). The van der Waals surface area contributed by atoms with Crippen LogP contribution in [0.3, 0.4) is 0 Å². The van der Waals surface area contributed by atoms with E-state index in [2.05, 4.69) is 0 Å². The van der Waals surface area contributed by atoms with Crippen molar-refractivity contribution in [2.24, 2.45) is 0 Å². The van der Waals surface area contributed by atoms with Crippen molar-refractivity contribution in [3.05, 3.63) is 40.4 Å². The smallest absolute Gasteiger partial charge is 0.334 e. The van der Waals surface area contributed by atoms with E-state index >= 15 is 0 Å². The fraction of sp³-hybridized carbons (Fsp3) is 0.412. The van der Waals surface area contributed by atoms with Crippen LogP contribution < -0.4 is 0 Å². The molecule has 1 aliphatic carbocycles. The zero-order valence-corrected chi connectivity index (χ0v) is 12.8. The van der Waals surface area contributed by atoms with Crippen LogP contribution in [0.4, 0.5) is 0 Å². The van der Waals surface area contributed by atoms with E-state index in [1.165, 1.54) is 6.92 Å². The third-order valence-corrected chi connectivity index (χ3v) is 4.04. The second-order valence-corrected chi connectivity index (χ2v) is 5.74. The van der Waals surface area contributed by atoms with Gasteiger partial charge in [0.25, 0.3) is 0 Å². The first-order valence-corrected chi connectivity index (χ1v) is 7.30. The summed E-state index contributed by atoms with van der Waals surface area (Å²) in [6.45, 7) is 5.20. The van der Waals surface area contributed by atoms with Gasteiger partial charge in [-0.15, -0.1) is 0 Å². The predicted octanol–water partition coefficient (Wildman–Crippen LogP) is 3.24. The Morgan fingerprint density at radius 3 is 2.86 bits per heavy atom. The maximum Gasteiger partial charge on any atom is 0.334 e. The fourth-order valence-corrected chi connectivity index (χ4v) is 2.92. The number of ether oxygens (including phenoxy) is 2. The zero-order valence-electron chi connectivity index (χ0n) is 12.8. The molecule has 1 aromatic heterocycles. The van der Waals surface area contributed by atoms with Crippen molar-refractivity contribution < 1.29 is 23.5 Å². The van der Waals surface area contributed by atoms with Gasteiger partial charge in [-0.25, -0.2) is 4.79 Å². The average Bonchev–Trinajstić information content (AvgIpc) is 2.97. The molecule has 2 atom stereocenters. The molecule has 0 fully saturated rings. The Kier molecular flexibility index (Phi) is 3.64. The van der Waals surface area contributed by atoms with Gasteiger partial charge >= 0.3 is 11.9 Å². The number of aryl methyl sites for hydroxylation is 1. The quantitative estimate of drug-likeness (QED) is 0.745. The lowest BCUT2D eigenvalue weighted by molar-refractivity contribution is -0.144. The Hall–Kier alpha value is -2.30. The van der Waals surface area contributed by atoms with Crippen LogP contribution in [0.1, 0.15) is 49.7 Å². The molecule has 1 aromatic rings. The van der Waals surface area contributed by atoms with E-state index in [9.17, 15) is 9.59 Å². The molecule has 0 unspecified atom stereocenters. The van der Waals surface area contributed by atoms with Crippen molar-refractivity contribution in [3.8, 4) is 0 Å². The second kappa shape index (κ2) is 5.48. The van der Waals surface area contributed by atoms with Gasteiger partial charge in [0.2, 0.25) is 0 Å². The number of hydrogen-bond donors (Lipinski definition) is 0. The molecule has 2 bridgehead atoms. The Balaban J connectivity index is 2.06. The molecule has 0 amide bonds. The van der Waals surface area contributed by atoms with Gasteiger partial charge in [0, 0.05) is 18.1 Å². The summed E-state index contributed by atoms with van der Waals surface area (Å²) < 4.78 is 16.4. The highest BCUT2D eigenvalue weighted by atomic mass is 16.6. The number of rotatable bonds is 1. The summed E-state index contributed by atoms with van der Waals surface area (Å²) in [6.07, 6.45) is 5.64. The first kappa shape index (κ1) is 14.6. The van der Waals surface area contributed by atoms with Crippen molar-refractivity contribution in [3.63, 3.8) is 0 Å². The van der Waals surface area contributed by atoms with Crippen LogP contribution in [-0.2, 0) is 19.1 Å². The van der Waals surface area contributed by atoms with E-state index in [0.29, 0.717) is 24.2 Å². The number of carbonyl (C=O) groups is 2. The molecule has 22 heavy (non-hydrogen) atoms. The number of esters is 2. The molecule has 5 heteroatoms. The molecule has 2 aliphatic rings. The molecule has 0 aromatic carbocycles. The highest BCUT2D eigenvalue weighted by molar-refractivity contribution is 5.91. The van der Waals surface area contributed by atoms with Crippen molar-refractivity contribution in [1.82, 2.24) is 0 Å². The third kappa shape index (κ3) is 2.58. The molecule has 1 aliphatic heterocycles. The molecular weight excluding hydrogens is 284 g/mol. The molecule has 2 heterocycles. The number of furan rings is 1. The molecule has 0 spiro atoms. The number of carbonyl (C=O) groups excluding carboxylic acids is 2. The van der Waals surface area contributed by atoms with E-state index in [0.717, 1.165) is 16.7 Å². The van der Waals surface area contributed by atoms with Gasteiger partial charge in [-0.05, 0) is 50.0 Å². The maximum atomic E-state index is 12.0. The molecule has 0 radical (unpaired) electrons.